The van der Waals surface area contributed by atoms with E-state index < -0.39 is 17.9 Å². The van der Waals surface area contributed by atoms with Crippen LogP contribution in [0.5, 0.6) is 0 Å². The first-order chi connectivity index (χ1) is 8.88. The molecule has 0 saturated carbocycles. The molecule has 6 nitrogen and oxygen atoms in total. The third-order valence-electron chi connectivity index (χ3n) is 3.31. The van der Waals surface area contributed by atoms with Gasteiger partial charge in [-0.15, -0.1) is 0 Å². The maximum absolute atomic E-state index is 12.3. The van der Waals surface area contributed by atoms with Crippen molar-refractivity contribution in [2.24, 2.45) is 5.92 Å². The van der Waals surface area contributed by atoms with E-state index in [4.69, 9.17) is 0 Å². The molecule has 1 heterocycles. The summed E-state index contributed by atoms with van der Waals surface area (Å²) in [5.41, 5.74) is 0. The minimum atomic E-state index is -0.718. The number of rotatable bonds is 6. The maximum atomic E-state index is 12.3. The van der Waals surface area contributed by atoms with Crippen molar-refractivity contribution in [1.82, 2.24) is 15.1 Å². The van der Waals surface area contributed by atoms with Crippen LogP contribution in [-0.2, 0) is 9.59 Å². The van der Waals surface area contributed by atoms with Crippen molar-refractivity contribution in [3.63, 3.8) is 0 Å². The van der Waals surface area contributed by atoms with Crippen molar-refractivity contribution < 1.29 is 14.4 Å². The molecule has 0 aliphatic carbocycles. The summed E-state index contributed by atoms with van der Waals surface area (Å²) >= 11 is 0. The summed E-state index contributed by atoms with van der Waals surface area (Å²) in [5.74, 6) is -1.54. The summed E-state index contributed by atoms with van der Waals surface area (Å²) in [7, 11) is 3.88. The fourth-order valence-corrected chi connectivity index (χ4v) is 2.17. The number of carbonyl (C=O) groups excluding carboxylic acids is 3. The van der Waals surface area contributed by atoms with Crippen LogP contribution in [0.1, 0.15) is 33.1 Å². The molecular formula is C13H23N3O3. The fourth-order valence-electron chi connectivity index (χ4n) is 2.17. The molecule has 0 aromatic carbocycles. The summed E-state index contributed by atoms with van der Waals surface area (Å²) in [4.78, 5) is 38.9. The van der Waals surface area contributed by atoms with Crippen molar-refractivity contribution >= 4 is 17.8 Å². The molecule has 1 saturated heterocycles. The molecule has 0 aromatic rings. The van der Waals surface area contributed by atoms with Gasteiger partial charge in [0.1, 0.15) is 5.92 Å². The largest absolute Gasteiger partial charge is 0.331 e. The number of hydrogen-bond donors (Lipinski definition) is 1. The predicted molar refractivity (Wildman–Crippen MR) is 71.4 cm³/mol. The molecule has 1 rings (SSSR count). The Hall–Kier alpha value is -1.43. The summed E-state index contributed by atoms with van der Waals surface area (Å²) in [6, 6.07) is -0.795. The first kappa shape index (κ1) is 15.6. The molecule has 1 N–H and O–H groups in total. The van der Waals surface area contributed by atoms with Gasteiger partial charge in [0.05, 0.1) is 0 Å². The van der Waals surface area contributed by atoms with Crippen LogP contribution in [0.25, 0.3) is 0 Å². The fraction of sp³-hybridized carbons (Fsp3) is 0.769. The second kappa shape index (κ2) is 6.65. The van der Waals surface area contributed by atoms with E-state index in [1.54, 1.807) is 0 Å². The lowest BCUT2D eigenvalue weighted by Gasteiger charge is -2.34. The van der Waals surface area contributed by atoms with Gasteiger partial charge in [-0.1, -0.05) is 13.3 Å². The number of amides is 4. The van der Waals surface area contributed by atoms with E-state index >= 15 is 0 Å². The zero-order valence-electron chi connectivity index (χ0n) is 12.1. The van der Waals surface area contributed by atoms with E-state index in [-0.39, 0.29) is 11.9 Å². The number of carbonyl (C=O) groups is 3. The number of nitrogens with zero attached hydrogens (tertiary/aromatic N) is 2. The van der Waals surface area contributed by atoms with Gasteiger partial charge in [0.25, 0.3) is 0 Å². The van der Waals surface area contributed by atoms with Gasteiger partial charge >= 0.3 is 6.03 Å². The zero-order valence-corrected chi connectivity index (χ0v) is 12.1. The number of nitrogens with one attached hydrogen (secondary N) is 1. The standard InChI is InChI=1S/C13H23N3O3/c1-5-6-10-11(17)14-13(19)16(12(10)18)9(2)7-8-15(3)4/h9-10H,5-8H2,1-4H3,(H,14,17,19). The lowest BCUT2D eigenvalue weighted by atomic mass is 9.98. The van der Waals surface area contributed by atoms with E-state index in [1.165, 1.54) is 4.90 Å². The lowest BCUT2D eigenvalue weighted by molar-refractivity contribution is -0.144. The Bertz CT molecular complexity index is 368. The average molecular weight is 269 g/mol. The third-order valence-corrected chi connectivity index (χ3v) is 3.31. The molecule has 0 bridgehead atoms. The highest BCUT2D eigenvalue weighted by Gasteiger charge is 2.41. The van der Waals surface area contributed by atoms with Gasteiger partial charge in [-0.25, -0.2) is 4.79 Å². The van der Waals surface area contributed by atoms with Gasteiger partial charge in [-0.3, -0.25) is 19.8 Å². The van der Waals surface area contributed by atoms with Crippen LogP contribution in [0, 0.1) is 5.92 Å². The first-order valence-corrected chi connectivity index (χ1v) is 6.71. The lowest BCUT2D eigenvalue weighted by Crippen LogP contribution is -2.60. The first-order valence-electron chi connectivity index (χ1n) is 6.71. The highest BCUT2D eigenvalue weighted by atomic mass is 16.2. The van der Waals surface area contributed by atoms with Gasteiger partial charge in [0.2, 0.25) is 11.8 Å². The molecule has 6 heteroatoms. The van der Waals surface area contributed by atoms with Crippen molar-refractivity contribution in [2.45, 2.75) is 39.2 Å². The Labute approximate surface area is 114 Å². The minimum absolute atomic E-state index is 0.206. The number of hydrogen-bond acceptors (Lipinski definition) is 4. The van der Waals surface area contributed by atoms with Gasteiger partial charge < -0.3 is 4.90 Å². The Morgan fingerprint density at radius 2 is 1.95 bits per heavy atom. The highest BCUT2D eigenvalue weighted by molar-refractivity contribution is 6.16. The van der Waals surface area contributed by atoms with Crippen LogP contribution in [-0.4, -0.2) is 54.3 Å². The number of imide groups is 2. The summed E-state index contributed by atoms with van der Waals surface area (Å²) < 4.78 is 0. The second-order valence-corrected chi connectivity index (χ2v) is 5.28. The molecular weight excluding hydrogens is 246 g/mol. The smallest absolute Gasteiger partial charge is 0.309 e. The van der Waals surface area contributed by atoms with E-state index in [0.29, 0.717) is 12.8 Å². The van der Waals surface area contributed by atoms with Gasteiger partial charge in [-0.05, 0) is 40.4 Å². The molecule has 1 aliphatic heterocycles. The molecule has 2 atom stereocenters. The van der Waals surface area contributed by atoms with Gasteiger partial charge in [0, 0.05) is 6.04 Å². The van der Waals surface area contributed by atoms with E-state index in [1.807, 2.05) is 32.8 Å². The molecule has 4 amide bonds. The average Bonchev–Trinajstić information content (AvgIpc) is 2.31. The van der Waals surface area contributed by atoms with Crippen LogP contribution in [0.4, 0.5) is 4.79 Å². The van der Waals surface area contributed by atoms with Gasteiger partial charge in [-0.2, -0.15) is 0 Å². The predicted octanol–water partition coefficient (Wildman–Crippen LogP) is 0.821. The van der Waals surface area contributed by atoms with E-state index in [9.17, 15) is 14.4 Å². The van der Waals surface area contributed by atoms with Gasteiger partial charge in [0.15, 0.2) is 0 Å². The SMILES string of the molecule is CCCC1C(=O)NC(=O)N(C(C)CCN(C)C)C1=O. The Kier molecular flexibility index (Phi) is 5.47. The number of urea groups is 1. The van der Waals surface area contributed by atoms with Crippen LogP contribution < -0.4 is 5.32 Å². The van der Waals surface area contributed by atoms with Crippen molar-refractivity contribution in [2.75, 3.05) is 20.6 Å². The molecule has 2 unspecified atom stereocenters. The molecule has 0 spiro atoms. The zero-order chi connectivity index (χ0) is 14.6. The Balaban J connectivity index is 2.77. The van der Waals surface area contributed by atoms with Crippen molar-refractivity contribution in [3.05, 3.63) is 0 Å². The van der Waals surface area contributed by atoms with Crippen molar-refractivity contribution in [1.29, 1.82) is 0 Å². The Morgan fingerprint density at radius 3 is 2.47 bits per heavy atom. The van der Waals surface area contributed by atoms with Crippen molar-refractivity contribution in [3.8, 4) is 0 Å². The second-order valence-electron chi connectivity index (χ2n) is 5.28. The summed E-state index contributed by atoms with van der Waals surface area (Å²) in [6.07, 6.45) is 1.91. The summed E-state index contributed by atoms with van der Waals surface area (Å²) in [6.45, 7) is 4.53. The molecule has 1 aliphatic rings. The van der Waals surface area contributed by atoms with Crippen LogP contribution >= 0.6 is 0 Å². The highest BCUT2D eigenvalue weighted by Crippen LogP contribution is 2.19. The maximum Gasteiger partial charge on any atom is 0.331 e. The minimum Gasteiger partial charge on any atom is -0.309 e. The molecule has 1 fully saturated rings. The normalized spacial score (nSPS) is 21.8. The molecule has 0 radical (unpaired) electrons. The number of barbiturate groups is 1. The van der Waals surface area contributed by atoms with E-state index in [2.05, 4.69) is 5.32 Å². The van der Waals surface area contributed by atoms with Crippen LogP contribution in [0.3, 0.4) is 0 Å². The van der Waals surface area contributed by atoms with Crippen LogP contribution in [0.15, 0.2) is 0 Å². The van der Waals surface area contributed by atoms with E-state index in [0.717, 1.165) is 13.0 Å². The third kappa shape index (κ3) is 3.76. The molecule has 19 heavy (non-hydrogen) atoms. The quantitative estimate of drug-likeness (QED) is 0.725. The van der Waals surface area contributed by atoms with Crippen LogP contribution in [0.2, 0.25) is 0 Å². The summed E-state index contributed by atoms with van der Waals surface area (Å²) in [5, 5.41) is 2.28. The topological polar surface area (TPSA) is 69.7 Å². The monoisotopic (exact) mass is 269 g/mol. The molecule has 0 aromatic heterocycles. The Morgan fingerprint density at radius 1 is 1.32 bits per heavy atom. The molecule has 108 valence electrons.